The number of nitrogens with zero attached hydrogens (tertiary/aromatic N) is 2. The number of methoxy groups -OCH3 is 1. The Morgan fingerprint density at radius 2 is 2.07 bits per heavy atom. The molecule has 0 bridgehead atoms. The highest BCUT2D eigenvalue weighted by Gasteiger charge is 2.33. The second-order valence-electron chi connectivity index (χ2n) is 6.35. The first-order chi connectivity index (χ1) is 13.5. The molecule has 0 fully saturated rings. The quantitative estimate of drug-likeness (QED) is 0.703. The fourth-order valence-corrected chi connectivity index (χ4v) is 3.34. The summed E-state index contributed by atoms with van der Waals surface area (Å²) in [4.78, 5) is 25.1. The number of carbonyl (C=O) groups excluding carboxylic acids is 2. The second kappa shape index (κ2) is 7.36. The lowest BCUT2D eigenvalue weighted by Gasteiger charge is -2.24. The summed E-state index contributed by atoms with van der Waals surface area (Å²) in [6, 6.07) is 13.5. The van der Waals surface area contributed by atoms with Crippen LogP contribution < -0.4 is 15.4 Å². The Morgan fingerprint density at radius 3 is 2.79 bits per heavy atom. The highest BCUT2D eigenvalue weighted by molar-refractivity contribution is 6.30. The molecule has 7 nitrogen and oxygen atoms in total. The van der Waals surface area contributed by atoms with E-state index in [0.29, 0.717) is 16.5 Å². The summed E-state index contributed by atoms with van der Waals surface area (Å²) < 4.78 is 6.72. The number of nitrogens with one attached hydrogen (secondary N) is 2. The molecule has 1 atom stereocenters. The smallest absolute Gasteiger partial charge is 0.249 e. The van der Waals surface area contributed by atoms with Gasteiger partial charge in [-0.2, -0.15) is 5.10 Å². The van der Waals surface area contributed by atoms with E-state index in [4.69, 9.17) is 16.3 Å². The standard InChI is InChI=1S/C20H17ClN4O3/c1-28-15-7-5-12(6-8-15)16-11-22-25-17(10-18(26)24-19(16)25)20(27)23-14-4-2-3-13(21)9-14/h2-9,11,17H,10H2,1H3,(H,23,27)(H,24,26)/t17-/m0/s1. The van der Waals surface area contributed by atoms with E-state index in [1.807, 2.05) is 24.3 Å². The van der Waals surface area contributed by atoms with Crippen molar-refractivity contribution in [2.45, 2.75) is 12.5 Å². The minimum Gasteiger partial charge on any atom is -0.497 e. The Hall–Kier alpha value is -3.32. The minimum absolute atomic E-state index is 0.00311. The van der Waals surface area contributed by atoms with Crippen molar-refractivity contribution in [3.05, 3.63) is 59.8 Å². The third-order valence-electron chi connectivity index (χ3n) is 4.52. The van der Waals surface area contributed by atoms with Crippen LogP contribution in [-0.2, 0) is 9.59 Å². The van der Waals surface area contributed by atoms with Gasteiger partial charge in [-0.05, 0) is 35.9 Å². The van der Waals surface area contributed by atoms with Gasteiger partial charge in [0, 0.05) is 16.3 Å². The second-order valence-corrected chi connectivity index (χ2v) is 6.78. The van der Waals surface area contributed by atoms with Gasteiger partial charge in [0.2, 0.25) is 11.8 Å². The first-order valence-corrected chi connectivity index (χ1v) is 9.01. The molecule has 2 heterocycles. The molecule has 2 aromatic carbocycles. The van der Waals surface area contributed by atoms with E-state index < -0.39 is 6.04 Å². The molecule has 2 amide bonds. The van der Waals surface area contributed by atoms with Crippen LogP contribution in [0.25, 0.3) is 11.1 Å². The highest BCUT2D eigenvalue weighted by atomic mass is 35.5. The van der Waals surface area contributed by atoms with Gasteiger partial charge in [-0.3, -0.25) is 9.59 Å². The number of ether oxygens (including phenoxy) is 1. The van der Waals surface area contributed by atoms with Gasteiger partial charge in [0.15, 0.2) is 0 Å². The minimum atomic E-state index is -0.755. The van der Waals surface area contributed by atoms with Crippen molar-refractivity contribution in [3.63, 3.8) is 0 Å². The highest BCUT2D eigenvalue weighted by Crippen LogP contribution is 2.35. The monoisotopic (exact) mass is 396 g/mol. The predicted molar refractivity (Wildman–Crippen MR) is 107 cm³/mol. The van der Waals surface area contributed by atoms with Gasteiger partial charge in [-0.25, -0.2) is 4.68 Å². The summed E-state index contributed by atoms with van der Waals surface area (Å²) in [5, 5.41) is 10.5. The molecule has 0 spiro atoms. The first kappa shape index (κ1) is 18.1. The van der Waals surface area contributed by atoms with Crippen LogP contribution in [0.1, 0.15) is 12.5 Å². The van der Waals surface area contributed by atoms with Gasteiger partial charge in [0.05, 0.1) is 19.7 Å². The zero-order valence-corrected chi connectivity index (χ0v) is 15.7. The molecule has 0 radical (unpaired) electrons. The van der Waals surface area contributed by atoms with Crippen molar-refractivity contribution >= 4 is 34.9 Å². The maximum absolute atomic E-state index is 12.8. The Bertz CT molecular complexity index is 1050. The van der Waals surface area contributed by atoms with Crippen LogP contribution >= 0.6 is 11.6 Å². The molecule has 4 rings (SSSR count). The third-order valence-corrected chi connectivity index (χ3v) is 4.76. The van der Waals surface area contributed by atoms with Crippen LogP contribution in [0.4, 0.5) is 11.5 Å². The number of carbonyl (C=O) groups is 2. The predicted octanol–water partition coefficient (Wildman–Crippen LogP) is 3.73. The lowest BCUT2D eigenvalue weighted by atomic mass is 10.1. The van der Waals surface area contributed by atoms with Crippen molar-refractivity contribution in [1.82, 2.24) is 9.78 Å². The molecule has 1 aromatic heterocycles. The zero-order chi connectivity index (χ0) is 19.7. The average molecular weight is 397 g/mol. The number of amides is 2. The number of anilines is 2. The van der Waals surface area contributed by atoms with Crippen molar-refractivity contribution in [1.29, 1.82) is 0 Å². The molecular weight excluding hydrogens is 380 g/mol. The molecule has 0 saturated carbocycles. The molecule has 0 aliphatic carbocycles. The van der Waals surface area contributed by atoms with E-state index in [0.717, 1.165) is 16.9 Å². The summed E-state index contributed by atoms with van der Waals surface area (Å²) >= 11 is 5.97. The van der Waals surface area contributed by atoms with Gasteiger partial charge in [-0.15, -0.1) is 0 Å². The van der Waals surface area contributed by atoms with E-state index >= 15 is 0 Å². The van der Waals surface area contributed by atoms with Gasteiger partial charge in [0.25, 0.3) is 0 Å². The molecular formula is C20H17ClN4O3. The Morgan fingerprint density at radius 1 is 1.29 bits per heavy atom. The Labute approximate surface area is 166 Å². The number of benzene rings is 2. The van der Waals surface area contributed by atoms with Gasteiger partial charge >= 0.3 is 0 Å². The molecule has 2 N–H and O–H groups in total. The third kappa shape index (κ3) is 3.44. The van der Waals surface area contributed by atoms with Crippen LogP contribution in [0.15, 0.2) is 54.7 Å². The SMILES string of the molecule is COc1ccc(-c2cnn3c2NC(=O)C[C@H]3C(=O)Nc2cccc(Cl)c2)cc1. The number of aromatic nitrogens is 2. The van der Waals surface area contributed by atoms with Crippen LogP contribution in [0.2, 0.25) is 5.02 Å². The summed E-state index contributed by atoms with van der Waals surface area (Å²) in [7, 11) is 1.60. The fraction of sp³-hybridized carbons (Fsp3) is 0.150. The number of fused-ring (bicyclic) bond motifs is 1. The summed E-state index contributed by atoms with van der Waals surface area (Å²) in [6.45, 7) is 0. The summed E-state index contributed by atoms with van der Waals surface area (Å²) in [6.07, 6.45) is 1.64. The van der Waals surface area contributed by atoms with Gasteiger partial charge < -0.3 is 15.4 Å². The number of rotatable bonds is 4. The van der Waals surface area contributed by atoms with Crippen LogP contribution in [-0.4, -0.2) is 28.7 Å². The molecule has 142 valence electrons. The van der Waals surface area contributed by atoms with E-state index in [-0.39, 0.29) is 18.2 Å². The van der Waals surface area contributed by atoms with Crippen molar-refractivity contribution in [2.24, 2.45) is 0 Å². The maximum Gasteiger partial charge on any atom is 0.249 e. The van der Waals surface area contributed by atoms with Crippen molar-refractivity contribution in [2.75, 3.05) is 17.7 Å². The lowest BCUT2D eigenvalue weighted by Crippen LogP contribution is -2.35. The molecule has 1 aliphatic heterocycles. The van der Waals surface area contributed by atoms with Gasteiger partial charge in [-0.1, -0.05) is 29.8 Å². The van der Waals surface area contributed by atoms with Crippen LogP contribution in [0.5, 0.6) is 5.75 Å². The number of hydrogen-bond acceptors (Lipinski definition) is 4. The molecule has 3 aromatic rings. The average Bonchev–Trinajstić information content (AvgIpc) is 3.11. The number of hydrogen-bond donors (Lipinski definition) is 2. The van der Waals surface area contributed by atoms with E-state index in [2.05, 4.69) is 15.7 Å². The van der Waals surface area contributed by atoms with Crippen LogP contribution in [0, 0.1) is 0 Å². The molecule has 28 heavy (non-hydrogen) atoms. The zero-order valence-electron chi connectivity index (χ0n) is 15.0. The van der Waals surface area contributed by atoms with Crippen molar-refractivity contribution in [3.8, 4) is 16.9 Å². The maximum atomic E-state index is 12.8. The molecule has 0 saturated heterocycles. The Kier molecular flexibility index (Phi) is 4.75. The normalized spacial score (nSPS) is 15.5. The fourth-order valence-electron chi connectivity index (χ4n) is 3.15. The number of halogens is 1. The summed E-state index contributed by atoms with van der Waals surface area (Å²) in [5.41, 5.74) is 2.15. The summed E-state index contributed by atoms with van der Waals surface area (Å²) in [5.74, 6) is 0.650. The Balaban J connectivity index is 1.65. The topological polar surface area (TPSA) is 85.2 Å². The van der Waals surface area contributed by atoms with Crippen LogP contribution in [0.3, 0.4) is 0 Å². The molecule has 0 unspecified atom stereocenters. The van der Waals surface area contributed by atoms with E-state index in [1.54, 1.807) is 42.3 Å². The van der Waals surface area contributed by atoms with E-state index in [1.165, 1.54) is 0 Å². The van der Waals surface area contributed by atoms with E-state index in [9.17, 15) is 9.59 Å². The molecule has 1 aliphatic rings. The van der Waals surface area contributed by atoms with Gasteiger partial charge in [0.1, 0.15) is 17.6 Å². The first-order valence-electron chi connectivity index (χ1n) is 8.63. The lowest BCUT2D eigenvalue weighted by molar-refractivity contribution is -0.125. The van der Waals surface area contributed by atoms with Crippen molar-refractivity contribution < 1.29 is 14.3 Å². The molecule has 8 heteroatoms. The largest absolute Gasteiger partial charge is 0.497 e.